The Morgan fingerprint density at radius 3 is 2.62 bits per heavy atom. The van der Waals surface area contributed by atoms with E-state index in [4.69, 9.17) is 4.74 Å². The highest BCUT2D eigenvalue weighted by atomic mass is 16.6. The van der Waals surface area contributed by atoms with Crippen LogP contribution < -0.4 is 0 Å². The van der Waals surface area contributed by atoms with Crippen LogP contribution in [-0.4, -0.2) is 36.7 Å². The Hall–Kier alpha value is -0.0800. The fourth-order valence-corrected chi connectivity index (χ4v) is 0.930. The summed E-state index contributed by atoms with van der Waals surface area (Å²) < 4.78 is 5.23. The van der Waals surface area contributed by atoms with Crippen molar-refractivity contribution in [2.45, 2.75) is 19.1 Å². The van der Waals surface area contributed by atoms with Gasteiger partial charge in [-0.1, -0.05) is 0 Å². The van der Waals surface area contributed by atoms with Crippen molar-refractivity contribution in [1.82, 2.24) is 4.90 Å². The van der Waals surface area contributed by atoms with Crippen molar-refractivity contribution in [2.24, 2.45) is 0 Å². The third kappa shape index (κ3) is 0.858. The van der Waals surface area contributed by atoms with E-state index in [0.717, 1.165) is 0 Å². The van der Waals surface area contributed by atoms with Crippen molar-refractivity contribution in [2.75, 3.05) is 19.6 Å². The van der Waals surface area contributed by atoms with Crippen molar-refractivity contribution in [1.29, 1.82) is 0 Å². The van der Waals surface area contributed by atoms with E-state index in [1.165, 1.54) is 19.6 Å². The first-order chi connectivity index (χ1) is 3.86. The molecular formula is C6H11NO. The quantitative estimate of drug-likeness (QED) is 0.471. The standard InChI is InChI=1S/C6H11NO/c1-5-6(8-5)4-7-2-3-7/h5-6H,2-4H2,1H3. The van der Waals surface area contributed by atoms with Gasteiger partial charge in [-0.05, 0) is 6.92 Å². The highest BCUT2D eigenvalue weighted by Crippen LogP contribution is 2.23. The molecule has 0 spiro atoms. The molecule has 0 aromatic carbocycles. The minimum atomic E-state index is 0.551. The molecule has 46 valence electrons. The molecule has 2 heteroatoms. The minimum absolute atomic E-state index is 0.551. The zero-order chi connectivity index (χ0) is 5.56. The van der Waals surface area contributed by atoms with Gasteiger partial charge in [-0.25, -0.2) is 0 Å². The van der Waals surface area contributed by atoms with Crippen molar-refractivity contribution in [3.63, 3.8) is 0 Å². The van der Waals surface area contributed by atoms with Gasteiger partial charge in [-0.2, -0.15) is 0 Å². The lowest BCUT2D eigenvalue weighted by Crippen LogP contribution is -2.07. The SMILES string of the molecule is CC1OC1CN1CC1. The Bertz CT molecular complexity index is 101. The van der Waals surface area contributed by atoms with Gasteiger partial charge in [0.15, 0.2) is 0 Å². The van der Waals surface area contributed by atoms with Crippen LogP contribution in [0.15, 0.2) is 0 Å². The lowest BCUT2D eigenvalue weighted by molar-refractivity contribution is 0.352. The van der Waals surface area contributed by atoms with E-state index in [9.17, 15) is 0 Å². The summed E-state index contributed by atoms with van der Waals surface area (Å²) in [6, 6.07) is 0. The summed E-state index contributed by atoms with van der Waals surface area (Å²) in [4.78, 5) is 2.40. The highest BCUT2D eigenvalue weighted by molar-refractivity contribution is 4.87. The van der Waals surface area contributed by atoms with Crippen molar-refractivity contribution >= 4 is 0 Å². The van der Waals surface area contributed by atoms with Crippen molar-refractivity contribution in [3.05, 3.63) is 0 Å². The molecule has 2 unspecified atom stereocenters. The van der Waals surface area contributed by atoms with Crippen molar-refractivity contribution in [3.8, 4) is 0 Å². The van der Waals surface area contributed by atoms with Gasteiger partial charge in [0.1, 0.15) is 0 Å². The molecule has 2 heterocycles. The largest absolute Gasteiger partial charge is 0.368 e. The van der Waals surface area contributed by atoms with Crippen LogP contribution in [0.5, 0.6) is 0 Å². The lowest BCUT2D eigenvalue weighted by Gasteiger charge is -1.90. The monoisotopic (exact) mass is 113 g/mol. The zero-order valence-electron chi connectivity index (χ0n) is 5.13. The third-order valence-electron chi connectivity index (χ3n) is 1.81. The van der Waals surface area contributed by atoms with Gasteiger partial charge in [0.05, 0.1) is 12.2 Å². The fraction of sp³-hybridized carbons (Fsp3) is 1.00. The summed E-state index contributed by atoms with van der Waals surface area (Å²) in [6.45, 7) is 5.91. The zero-order valence-corrected chi connectivity index (χ0v) is 5.13. The van der Waals surface area contributed by atoms with Crippen LogP contribution in [0.25, 0.3) is 0 Å². The van der Waals surface area contributed by atoms with E-state index in [0.29, 0.717) is 12.2 Å². The summed E-state index contributed by atoms with van der Waals surface area (Å²) in [7, 11) is 0. The van der Waals surface area contributed by atoms with Crippen LogP contribution in [-0.2, 0) is 4.74 Å². The summed E-state index contributed by atoms with van der Waals surface area (Å²) in [5.41, 5.74) is 0. The van der Waals surface area contributed by atoms with E-state index >= 15 is 0 Å². The first-order valence-electron chi connectivity index (χ1n) is 3.24. The van der Waals surface area contributed by atoms with E-state index < -0.39 is 0 Å². The molecular weight excluding hydrogens is 102 g/mol. The molecule has 0 aromatic rings. The molecule has 0 aromatic heterocycles. The summed E-state index contributed by atoms with van der Waals surface area (Å²) in [5.74, 6) is 0. The average Bonchev–Trinajstić information content (AvgIpc) is 2.52. The molecule has 0 radical (unpaired) electrons. The number of rotatable bonds is 2. The van der Waals surface area contributed by atoms with Crippen LogP contribution in [0.3, 0.4) is 0 Å². The van der Waals surface area contributed by atoms with E-state index in [-0.39, 0.29) is 0 Å². The van der Waals surface area contributed by atoms with Gasteiger partial charge in [0.25, 0.3) is 0 Å². The van der Waals surface area contributed by atoms with Crippen LogP contribution in [0.1, 0.15) is 6.92 Å². The highest BCUT2D eigenvalue weighted by Gasteiger charge is 2.37. The third-order valence-corrected chi connectivity index (χ3v) is 1.81. The Labute approximate surface area is 49.4 Å². The molecule has 2 aliphatic rings. The van der Waals surface area contributed by atoms with Gasteiger partial charge < -0.3 is 4.74 Å². The molecule has 0 bridgehead atoms. The molecule has 2 aliphatic heterocycles. The maximum atomic E-state index is 5.23. The topological polar surface area (TPSA) is 15.5 Å². The van der Waals surface area contributed by atoms with Crippen LogP contribution >= 0.6 is 0 Å². The van der Waals surface area contributed by atoms with E-state index in [1.807, 2.05) is 0 Å². The molecule has 2 nitrogen and oxygen atoms in total. The predicted molar refractivity (Wildman–Crippen MR) is 30.8 cm³/mol. The summed E-state index contributed by atoms with van der Waals surface area (Å²) >= 11 is 0. The summed E-state index contributed by atoms with van der Waals surface area (Å²) in [6.07, 6.45) is 1.13. The molecule has 0 N–H and O–H groups in total. The molecule has 0 aliphatic carbocycles. The Morgan fingerprint density at radius 2 is 2.25 bits per heavy atom. The number of hydrogen-bond donors (Lipinski definition) is 0. The van der Waals surface area contributed by atoms with Gasteiger partial charge in [-0.3, -0.25) is 4.90 Å². The second kappa shape index (κ2) is 1.45. The minimum Gasteiger partial charge on any atom is -0.368 e. The van der Waals surface area contributed by atoms with E-state index in [2.05, 4.69) is 11.8 Å². The molecule has 2 atom stereocenters. The smallest absolute Gasteiger partial charge is 0.0965 e. The Kier molecular flexibility index (Phi) is 0.866. The van der Waals surface area contributed by atoms with Gasteiger partial charge in [0, 0.05) is 19.6 Å². The number of nitrogens with zero attached hydrogens (tertiary/aromatic N) is 1. The Balaban J connectivity index is 1.69. The number of epoxide rings is 1. The first-order valence-corrected chi connectivity index (χ1v) is 3.24. The number of hydrogen-bond acceptors (Lipinski definition) is 2. The van der Waals surface area contributed by atoms with Crippen LogP contribution in [0.4, 0.5) is 0 Å². The molecule has 2 fully saturated rings. The second-order valence-electron chi connectivity index (χ2n) is 2.68. The van der Waals surface area contributed by atoms with Crippen LogP contribution in [0.2, 0.25) is 0 Å². The average molecular weight is 113 g/mol. The maximum Gasteiger partial charge on any atom is 0.0965 e. The fourth-order valence-electron chi connectivity index (χ4n) is 0.930. The predicted octanol–water partition coefficient (Wildman–Crippen LogP) is 0.0893. The maximum absolute atomic E-state index is 5.23. The molecule has 0 amide bonds. The normalized spacial score (nSPS) is 44.6. The lowest BCUT2D eigenvalue weighted by atomic mass is 10.3. The van der Waals surface area contributed by atoms with E-state index in [1.54, 1.807) is 0 Å². The van der Waals surface area contributed by atoms with Gasteiger partial charge in [0.2, 0.25) is 0 Å². The number of ether oxygens (including phenoxy) is 1. The second-order valence-corrected chi connectivity index (χ2v) is 2.68. The molecule has 0 saturated carbocycles. The van der Waals surface area contributed by atoms with Crippen molar-refractivity contribution < 1.29 is 4.74 Å². The molecule has 2 rings (SSSR count). The summed E-state index contributed by atoms with van der Waals surface area (Å²) in [5, 5.41) is 0. The van der Waals surface area contributed by atoms with Crippen LogP contribution in [0, 0.1) is 0 Å². The Morgan fingerprint density at radius 1 is 1.62 bits per heavy atom. The van der Waals surface area contributed by atoms with Gasteiger partial charge in [-0.15, -0.1) is 0 Å². The first kappa shape index (κ1) is 4.77. The van der Waals surface area contributed by atoms with Gasteiger partial charge >= 0.3 is 0 Å². The molecule has 2 saturated heterocycles. The molecule has 8 heavy (non-hydrogen) atoms.